The number of anilines is 1. The summed E-state index contributed by atoms with van der Waals surface area (Å²) in [6.07, 6.45) is 1.73. The van der Waals surface area contributed by atoms with Crippen molar-refractivity contribution < 1.29 is 0 Å². The number of rotatable bonds is 4. The van der Waals surface area contributed by atoms with Crippen LogP contribution in [0.5, 0.6) is 0 Å². The zero-order valence-electron chi connectivity index (χ0n) is 10.6. The van der Waals surface area contributed by atoms with Crippen LogP contribution in [0.15, 0.2) is 39.8 Å². The summed E-state index contributed by atoms with van der Waals surface area (Å²) in [6.45, 7) is 2.80. The SMILES string of the molecule is CCNc1nc(Sc2ncccc2Cl)c2ccsc2n1. The minimum Gasteiger partial charge on any atom is -0.354 e. The van der Waals surface area contributed by atoms with Gasteiger partial charge in [-0.2, -0.15) is 0 Å². The summed E-state index contributed by atoms with van der Waals surface area (Å²) in [5, 5.41) is 8.44. The lowest BCUT2D eigenvalue weighted by Gasteiger charge is -2.06. The highest BCUT2D eigenvalue weighted by Crippen LogP contribution is 2.36. The Hall–Kier alpha value is -1.37. The van der Waals surface area contributed by atoms with Crippen LogP contribution in [0.2, 0.25) is 5.02 Å². The molecule has 20 heavy (non-hydrogen) atoms. The fourth-order valence-corrected chi connectivity index (χ4v) is 3.62. The Morgan fingerprint density at radius 3 is 3.00 bits per heavy atom. The topological polar surface area (TPSA) is 50.7 Å². The molecule has 0 atom stereocenters. The molecule has 0 saturated carbocycles. The molecule has 0 amide bonds. The first-order valence-electron chi connectivity index (χ1n) is 6.05. The number of fused-ring (bicyclic) bond motifs is 1. The monoisotopic (exact) mass is 322 g/mol. The number of hydrogen-bond donors (Lipinski definition) is 1. The third-order valence-electron chi connectivity index (χ3n) is 2.54. The van der Waals surface area contributed by atoms with E-state index < -0.39 is 0 Å². The van der Waals surface area contributed by atoms with E-state index in [0.717, 1.165) is 26.8 Å². The van der Waals surface area contributed by atoms with Gasteiger partial charge >= 0.3 is 0 Å². The largest absolute Gasteiger partial charge is 0.354 e. The van der Waals surface area contributed by atoms with E-state index in [1.165, 1.54) is 11.8 Å². The van der Waals surface area contributed by atoms with E-state index in [4.69, 9.17) is 11.6 Å². The molecule has 0 unspecified atom stereocenters. The van der Waals surface area contributed by atoms with Crippen molar-refractivity contribution in [3.8, 4) is 0 Å². The summed E-state index contributed by atoms with van der Waals surface area (Å²) >= 11 is 9.22. The van der Waals surface area contributed by atoms with Gasteiger partial charge < -0.3 is 5.32 Å². The first kappa shape index (κ1) is 13.6. The second-order valence-corrected chi connectivity index (χ2v) is 6.19. The molecule has 0 aromatic carbocycles. The van der Waals surface area contributed by atoms with Gasteiger partial charge in [0.15, 0.2) is 0 Å². The van der Waals surface area contributed by atoms with Gasteiger partial charge in [-0.1, -0.05) is 11.6 Å². The highest BCUT2D eigenvalue weighted by atomic mass is 35.5. The van der Waals surface area contributed by atoms with Crippen molar-refractivity contribution in [1.82, 2.24) is 15.0 Å². The third kappa shape index (κ3) is 2.72. The van der Waals surface area contributed by atoms with Crippen LogP contribution in [0.4, 0.5) is 5.95 Å². The Morgan fingerprint density at radius 1 is 1.30 bits per heavy atom. The van der Waals surface area contributed by atoms with E-state index in [0.29, 0.717) is 11.0 Å². The van der Waals surface area contributed by atoms with Gasteiger partial charge in [0.25, 0.3) is 0 Å². The number of aromatic nitrogens is 3. The zero-order chi connectivity index (χ0) is 13.9. The molecule has 3 heterocycles. The maximum Gasteiger partial charge on any atom is 0.225 e. The molecule has 3 aromatic heterocycles. The lowest BCUT2D eigenvalue weighted by molar-refractivity contribution is 1.05. The number of nitrogens with one attached hydrogen (secondary N) is 1. The smallest absolute Gasteiger partial charge is 0.225 e. The van der Waals surface area contributed by atoms with Gasteiger partial charge in [-0.25, -0.2) is 15.0 Å². The van der Waals surface area contributed by atoms with E-state index in [1.54, 1.807) is 17.5 Å². The van der Waals surface area contributed by atoms with Crippen LogP contribution in [-0.4, -0.2) is 21.5 Å². The van der Waals surface area contributed by atoms with Crippen LogP contribution in [-0.2, 0) is 0 Å². The highest BCUT2D eigenvalue weighted by molar-refractivity contribution is 7.99. The van der Waals surface area contributed by atoms with E-state index in [2.05, 4.69) is 20.3 Å². The molecule has 0 aliphatic carbocycles. The van der Waals surface area contributed by atoms with Crippen molar-refractivity contribution in [3.63, 3.8) is 0 Å². The van der Waals surface area contributed by atoms with Gasteiger partial charge in [-0.05, 0) is 42.3 Å². The number of halogens is 1. The Bertz CT molecular complexity index is 744. The second kappa shape index (κ2) is 5.95. The molecule has 0 aliphatic rings. The van der Waals surface area contributed by atoms with Crippen molar-refractivity contribution in [2.24, 2.45) is 0 Å². The van der Waals surface area contributed by atoms with Crippen LogP contribution in [0.25, 0.3) is 10.2 Å². The van der Waals surface area contributed by atoms with Gasteiger partial charge in [0, 0.05) is 18.1 Å². The van der Waals surface area contributed by atoms with Crippen molar-refractivity contribution in [3.05, 3.63) is 34.8 Å². The van der Waals surface area contributed by atoms with Crippen LogP contribution >= 0.6 is 34.7 Å². The number of nitrogens with zero attached hydrogens (tertiary/aromatic N) is 3. The fourth-order valence-electron chi connectivity index (χ4n) is 1.68. The Balaban J connectivity index is 2.05. The summed E-state index contributed by atoms with van der Waals surface area (Å²) in [6, 6.07) is 5.67. The van der Waals surface area contributed by atoms with Crippen molar-refractivity contribution >= 4 is 50.9 Å². The summed E-state index contributed by atoms with van der Waals surface area (Å²) in [5.74, 6) is 0.636. The van der Waals surface area contributed by atoms with Crippen LogP contribution in [0, 0.1) is 0 Å². The normalized spacial score (nSPS) is 10.9. The number of thiophene rings is 1. The minimum absolute atomic E-state index is 0.629. The predicted molar refractivity (Wildman–Crippen MR) is 84.9 cm³/mol. The molecule has 0 fully saturated rings. The van der Waals surface area contributed by atoms with E-state index in [9.17, 15) is 0 Å². The second-order valence-electron chi connectivity index (χ2n) is 3.91. The Labute approximate surface area is 129 Å². The standard InChI is InChI=1S/C13H11ClN4S2/c1-2-15-13-17-10-8(5-7-19-10)11(18-13)20-12-9(14)4-3-6-16-12/h3-7H,2H2,1H3,(H,15,17,18). The maximum atomic E-state index is 6.16. The lowest BCUT2D eigenvalue weighted by atomic mass is 10.4. The Kier molecular flexibility index (Phi) is 4.05. The quantitative estimate of drug-likeness (QED) is 0.725. The molecule has 0 saturated heterocycles. The van der Waals surface area contributed by atoms with Gasteiger partial charge in [0.2, 0.25) is 5.95 Å². The molecule has 102 valence electrons. The number of hydrogen-bond acceptors (Lipinski definition) is 6. The Morgan fingerprint density at radius 2 is 2.20 bits per heavy atom. The summed E-state index contributed by atoms with van der Waals surface area (Å²) < 4.78 is 0. The van der Waals surface area contributed by atoms with Crippen LogP contribution < -0.4 is 5.32 Å². The van der Waals surface area contributed by atoms with E-state index >= 15 is 0 Å². The average Bonchev–Trinajstić information content (AvgIpc) is 2.90. The molecule has 0 spiro atoms. The number of pyridine rings is 1. The molecule has 3 aromatic rings. The molecular weight excluding hydrogens is 312 g/mol. The van der Waals surface area contributed by atoms with E-state index in [-0.39, 0.29) is 0 Å². The molecule has 7 heteroatoms. The predicted octanol–water partition coefficient (Wildman–Crippen LogP) is 4.32. The fraction of sp³-hybridized carbons (Fsp3) is 0.154. The molecule has 0 radical (unpaired) electrons. The van der Waals surface area contributed by atoms with Crippen molar-refractivity contribution in [1.29, 1.82) is 0 Å². The van der Waals surface area contributed by atoms with Gasteiger partial charge in [0.1, 0.15) is 14.9 Å². The average molecular weight is 323 g/mol. The van der Waals surface area contributed by atoms with Gasteiger partial charge in [-0.15, -0.1) is 11.3 Å². The lowest BCUT2D eigenvalue weighted by Crippen LogP contribution is -2.02. The maximum absolute atomic E-state index is 6.16. The minimum atomic E-state index is 0.629. The summed E-state index contributed by atoms with van der Waals surface area (Å²) in [4.78, 5) is 14.3. The van der Waals surface area contributed by atoms with Gasteiger partial charge in [0.05, 0.1) is 5.02 Å². The molecular formula is C13H11ClN4S2. The summed E-state index contributed by atoms with van der Waals surface area (Å²) in [5.41, 5.74) is 0. The summed E-state index contributed by atoms with van der Waals surface area (Å²) in [7, 11) is 0. The van der Waals surface area contributed by atoms with Crippen LogP contribution in [0.3, 0.4) is 0 Å². The van der Waals surface area contributed by atoms with Crippen LogP contribution in [0.1, 0.15) is 6.92 Å². The molecule has 0 bridgehead atoms. The van der Waals surface area contributed by atoms with Gasteiger partial charge in [-0.3, -0.25) is 0 Å². The van der Waals surface area contributed by atoms with E-state index in [1.807, 2.05) is 30.5 Å². The highest BCUT2D eigenvalue weighted by Gasteiger charge is 2.12. The first-order chi connectivity index (χ1) is 9.78. The molecule has 3 rings (SSSR count). The third-order valence-corrected chi connectivity index (χ3v) is 4.79. The van der Waals surface area contributed by atoms with Crippen molar-refractivity contribution in [2.75, 3.05) is 11.9 Å². The molecule has 1 N–H and O–H groups in total. The van der Waals surface area contributed by atoms with Crippen molar-refractivity contribution in [2.45, 2.75) is 17.0 Å². The zero-order valence-corrected chi connectivity index (χ0v) is 13.0. The first-order valence-corrected chi connectivity index (χ1v) is 8.13. The molecule has 4 nitrogen and oxygen atoms in total. The molecule has 0 aliphatic heterocycles.